The molecular weight excluding hydrogens is 468 g/mol. The first kappa shape index (κ1) is 22.7. The van der Waals surface area contributed by atoms with Crippen molar-refractivity contribution < 1.29 is 4.79 Å². The van der Waals surface area contributed by atoms with E-state index in [1.54, 1.807) is 6.21 Å². The zero-order valence-electron chi connectivity index (χ0n) is 18.6. The van der Waals surface area contributed by atoms with Gasteiger partial charge in [0.05, 0.1) is 12.0 Å². The number of hydrazone groups is 1. The van der Waals surface area contributed by atoms with Gasteiger partial charge in [-0.1, -0.05) is 60.8 Å². The average molecular weight is 493 g/mol. The number of aromatic nitrogens is 4. The number of hydrogen-bond acceptors (Lipinski definition) is 5. The van der Waals surface area contributed by atoms with E-state index in [9.17, 15) is 4.79 Å². The standard InChI is InChI=1S/C25H25ClN6OS/c26-19-12-10-17(11-13-19)24-30-31-25(32(24)20-6-2-1-3-7-20)34-16-23(33)29-28-15-18-14-27-22-9-5-4-8-21(18)22/h4-5,8-15,20,27H,1-3,6-7,16H2,(H,29,33). The number of carbonyl (C=O) groups excluding carboxylic acids is 1. The van der Waals surface area contributed by atoms with Crippen LogP contribution in [0.25, 0.3) is 22.3 Å². The van der Waals surface area contributed by atoms with Crippen LogP contribution in [0.2, 0.25) is 5.02 Å². The van der Waals surface area contributed by atoms with Crippen LogP contribution in [0, 0.1) is 0 Å². The van der Waals surface area contributed by atoms with Crippen molar-refractivity contribution in [1.29, 1.82) is 0 Å². The van der Waals surface area contributed by atoms with E-state index >= 15 is 0 Å². The van der Waals surface area contributed by atoms with Gasteiger partial charge in [-0.05, 0) is 43.2 Å². The van der Waals surface area contributed by atoms with Gasteiger partial charge in [0.15, 0.2) is 11.0 Å². The molecule has 1 aliphatic rings. The van der Waals surface area contributed by atoms with Crippen molar-refractivity contribution in [3.63, 3.8) is 0 Å². The Labute approximate surface area is 207 Å². The molecule has 0 bridgehead atoms. The number of amides is 1. The molecule has 0 atom stereocenters. The Morgan fingerprint density at radius 1 is 1.15 bits per heavy atom. The molecular formula is C25H25ClN6OS. The van der Waals surface area contributed by atoms with Gasteiger partial charge in [0.2, 0.25) is 0 Å². The van der Waals surface area contributed by atoms with Crippen molar-refractivity contribution in [1.82, 2.24) is 25.2 Å². The lowest BCUT2D eigenvalue weighted by Crippen LogP contribution is -2.20. The molecule has 2 aromatic carbocycles. The van der Waals surface area contributed by atoms with Gasteiger partial charge in [-0.2, -0.15) is 5.10 Å². The number of para-hydroxylation sites is 1. The largest absolute Gasteiger partial charge is 0.361 e. The molecule has 0 aliphatic heterocycles. The molecule has 0 unspecified atom stereocenters. The molecule has 1 amide bonds. The lowest BCUT2D eigenvalue weighted by Gasteiger charge is -2.25. The lowest BCUT2D eigenvalue weighted by atomic mass is 9.95. The Kier molecular flexibility index (Phi) is 6.97. The maximum Gasteiger partial charge on any atom is 0.250 e. The highest BCUT2D eigenvalue weighted by molar-refractivity contribution is 7.99. The number of nitrogens with zero attached hydrogens (tertiary/aromatic N) is 4. The summed E-state index contributed by atoms with van der Waals surface area (Å²) in [4.78, 5) is 15.7. The highest BCUT2D eigenvalue weighted by Crippen LogP contribution is 2.35. The molecule has 0 spiro atoms. The smallest absolute Gasteiger partial charge is 0.250 e. The van der Waals surface area contributed by atoms with Crippen LogP contribution in [0.15, 0.2) is 65.0 Å². The maximum atomic E-state index is 12.5. The van der Waals surface area contributed by atoms with Gasteiger partial charge in [-0.3, -0.25) is 9.36 Å². The first-order chi connectivity index (χ1) is 16.7. The lowest BCUT2D eigenvalue weighted by molar-refractivity contribution is -0.118. The normalized spacial score (nSPS) is 14.7. The molecule has 2 N–H and O–H groups in total. The number of thioether (sulfide) groups is 1. The number of rotatable bonds is 7. The minimum Gasteiger partial charge on any atom is -0.361 e. The molecule has 174 valence electrons. The van der Waals surface area contributed by atoms with E-state index < -0.39 is 0 Å². The number of halogens is 1. The number of fused-ring (bicyclic) bond motifs is 1. The zero-order valence-corrected chi connectivity index (χ0v) is 20.1. The predicted molar refractivity (Wildman–Crippen MR) is 137 cm³/mol. The molecule has 4 aromatic rings. The van der Waals surface area contributed by atoms with Gasteiger partial charge >= 0.3 is 0 Å². The van der Waals surface area contributed by atoms with Crippen molar-refractivity contribution in [2.75, 3.05) is 5.75 Å². The van der Waals surface area contributed by atoms with Gasteiger partial charge in [-0.25, -0.2) is 5.43 Å². The van der Waals surface area contributed by atoms with Crippen LogP contribution < -0.4 is 5.43 Å². The highest BCUT2D eigenvalue weighted by atomic mass is 35.5. The van der Waals surface area contributed by atoms with Gasteiger partial charge in [-0.15, -0.1) is 10.2 Å². The zero-order chi connectivity index (χ0) is 23.3. The number of aromatic amines is 1. The Bertz CT molecular complexity index is 1310. The van der Waals surface area contributed by atoms with E-state index in [0.29, 0.717) is 11.1 Å². The molecule has 2 aromatic heterocycles. The molecule has 1 fully saturated rings. The van der Waals surface area contributed by atoms with Crippen molar-refractivity contribution in [2.24, 2.45) is 5.10 Å². The van der Waals surface area contributed by atoms with Crippen molar-refractivity contribution in [3.8, 4) is 11.4 Å². The fourth-order valence-corrected chi connectivity index (χ4v) is 5.30. The molecule has 2 heterocycles. The summed E-state index contributed by atoms with van der Waals surface area (Å²) in [6.45, 7) is 0. The fourth-order valence-electron chi connectivity index (χ4n) is 4.38. The monoisotopic (exact) mass is 492 g/mol. The van der Waals surface area contributed by atoms with Crippen LogP contribution in [0.3, 0.4) is 0 Å². The number of nitrogens with one attached hydrogen (secondary N) is 2. The van der Waals surface area contributed by atoms with Gasteiger partial charge in [0, 0.05) is 39.3 Å². The van der Waals surface area contributed by atoms with Gasteiger partial charge in [0.1, 0.15) is 0 Å². The molecule has 0 radical (unpaired) electrons. The second-order valence-corrected chi connectivity index (χ2v) is 9.73. The van der Waals surface area contributed by atoms with Gasteiger partial charge < -0.3 is 4.98 Å². The highest BCUT2D eigenvalue weighted by Gasteiger charge is 2.24. The third-order valence-electron chi connectivity index (χ3n) is 6.05. The molecule has 9 heteroatoms. The van der Waals surface area contributed by atoms with Crippen molar-refractivity contribution in [2.45, 2.75) is 43.3 Å². The minimum atomic E-state index is -0.188. The Hall–Kier alpha value is -3.10. The molecule has 5 rings (SSSR count). The van der Waals surface area contributed by atoms with E-state index in [0.717, 1.165) is 45.9 Å². The van der Waals surface area contributed by atoms with Crippen LogP contribution in [0.5, 0.6) is 0 Å². The molecule has 1 saturated carbocycles. The Morgan fingerprint density at radius 3 is 2.76 bits per heavy atom. The van der Waals surface area contributed by atoms with E-state index in [-0.39, 0.29) is 11.7 Å². The van der Waals surface area contributed by atoms with E-state index in [4.69, 9.17) is 11.6 Å². The number of carbonyl (C=O) groups is 1. The SMILES string of the molecule is O=C(CSc1nnc(-c2ccc(Cl)cc2)n1C1CCCCC1)NN=Cc1c[nH]c2ccccc12. The second-order valence-electron chi connectivity index (χ2n) is 8.35. The van der Waals surface area contributed by atoms with Crippen LogP contribution in [0.4, 0.5) is 0 Å². The summed E-state index contributed by atoms with van der Waals surface area (Å²) in [7, 11) is 0. The third kappa shape index (κ3) is 5.03. The maximum absolute atomic E-state index is 12.5. The molecule has 0 saturated heterocycles. The summed E-state index contributed by atoms with van der Waals surface area (Å²) in [5.41, 5.74) is 5.55. The quantitative estimate of drug-likeness (QED) is 0.193. The van der Waals surface area contributed by atoms with Crippen molar-refractivity contribution >= 4 is 46.4 Å². The predicted octanol–water partition coefficient (Wildman–Crippen LogP) is 5.83. The summed E-state index contributed by atoms with van der Waals surface area (Å²) in [5, 5.41) is 15.6. The summed E-state index contributed by atoms with van der Waals surface area (Å²) >= 11 is 7.46. The summed E-state index contributed by atoms with van der Waals surface area (Å²) in [5.74, 6) is 0.840. The van der Waals surface area contributed by atoms with E-state index in [1.807, 2.05) is 54.7 Å². The average Bonchev–Trinajstić information content (AvgIpc) is 3.48. The number of H-pyrrole nitrogens is 1. The number of hydrogen-bond donors (Lipinski definition) is 2. The van der Waals surface area contributed by atoms with E-state index in [2.05, 4.69) is 30.3 Å². The van der Waals surface area contributed by atoms with Crippen LogP contribution >= 0.6 is 23.4 Å². The van der Waals surface area contributed by atoms with Crippen LogP contribution in [-0.2, 0) is 4.79 Å². The van der Waals surface area contributed by atoms with Crippen LogP contribution in [-0.4, -0.2) is 37.6 Å². The Balaban J connectivity index is 1.28. The molecule has 1 aliphatic carbocycles. The summed E-state index contributed by atoms with van der Waals surface area (Å²) in [6, 6.07) is 16.0. The topological polar surface area (TPSA) is 88.0 Å². The fraction of sp³-hybridized carbons (Fsp3) is 0.280. The third-order valence-corrected chi connectivity index (χ3v) is 7.25. The second kappa shape index (κ2) is 10.4. The van der Waals surface area contributed by atoms with E-state index in [1.165, 1.54) is 31.0 Å². The van der Waals surface area contributed by atoms with Crippen LogP contribution in [0.1, 0.15) is 43.7 Å². The first-order valence-corrected chi connectivity index (χ1v) is 12.8. The number of benzene rings is 2. The summed E-state index contributed by atoms with van der Waals surface area (Å²) < 4.78 is 2.20. The first-order valence-electron chi connectivity index (χ1n) is 11.4. The van der Waals surface area contributed by atoms with Gasteiger partial charge in [0.25, 0.3) is 5.91 Å². The summed E-state index contributed by atoms with van der Waals surface area (Å²) in [6.07, 6.45) is 9.35. The molecule has 34 heavy (non-hydrogen) atoms. The minimum absolute atomic E-state index is 0.188. The van der Waals surface area contributed by atoms with Crippen molar-refractivity contribution in [3.05, 3.63) is 65.3 Å². The Morgan fingerprint density at radius 2 is 1.94 bits per heavy atom. The molecule has 7 nitrogen and oxygen atoms in total.